The van der Waals surface area contributed by atoms with Crippen molar-refractivity contribution in [2.75, 3.05) is 30.0 Å². The van der Waals surface area contributed by atoms with Crippen molar-refractivity contribution in [1.29, 1.82) is 0 Å². The fraction of sp³-hybridized carbons (Fsp3) is 0.405. The Morgan fingerprint density at radius 1 is 1.07 bits per heavy atom. The highest BCUT2D eigenvalue weighted by Crippen LogP contribution is 2.52. The van der Waals surface area contributed by atoms with Gasteiger partial charge in [-0.25, -0.2) is 18.6 Å². The van der Waals surface area contributed by atoms with Gasteiger partial charge in [-0.1, -0.05) is 34.8 Å². The molecule has 1 aliphatic carbocycles. The second-order valence-corrected chi connectivity index (χ2v) is 18.8. The van der Waals surface area contributed by atoms with Crippen molar-refractivity contribution < 1.29 is 67.9 Å². The van der Waals surface area contributed by atoms with Gasteiger partial charge >= 0.3 is 18.4 Å². The van der Waals surface area contributed by atoms with Crippen LogP contribution in [0.2, 0.25) is 5.02 Å². The monoisotopic (exact) mass is 1010 g/mol. The van der Waals surface area contributed by atoms with Crippen LogP contribution in [0.5, 0.6) is 0 Å². The fourth-order valence-electron chi connectivity index (χ4n) is 7.51. The number of hydrogen-bond acceptors (Lipinski definition) is 9. The zero-order chi connectivity index (χ0) is 49.6. The molecule has 5 aromatic rings. The number of aromatic nitrogens is 5. The molecular weight excluding hydrogens is 972 g/mol. The van der Waals surface area contributed by atoms with E-state index < -0.39 is 137 Å². The van der Waals surface area contributed by atoms with Gasteiger partial charge in [-0.3, -0.25) is 14.2 Å². The van der Waals surface area contributed by atoms with Gasteiger partial charge < -0.3 is 19.7 Å². The number of thioether (sulfide) groups is 1. The van der Waals surface area contributed by atoms with E-state index >= 15 is 8.78 Å². The van der Waals surface area contributed by atoms with Crippen molar-refractivity contribution in [2.45, 2.75) is 81.7 Å². The molecule has 0 saturated heterocycles. The third kappa shape index (κ3) is 11.4. The predicted octanol–water partition coefficient (Wildman–Crippen LogP) is 9.23. The summed E-state index contributed by atoms with van der Waals surface area (Å²) in [6, 6.07) is 5.74. The molecule has 67 heavy (non-hydrogen) atoms. The van der Waals surface area contributed by atoms with Crippen LogP contribution in [0, 0.1) is 23.5 Å². The normalized spacial score (nSPS) is 15.8. The van der Waals surface area contributed by atoms with Crippen LogP contribution in [0.25, 0.3) is 22.0 Å². The first-order valence-electron chi connectivity index (χ1n) is 19.7. The molecule has 0 bridgehead atoms. The lowest BCUT2D eigenvalue weighted by atomic mass is 9.93. The van der Waals surface area contributed by atoms with Crippen molar-refractivity contribution >= 4 is 63.4 Å². The molecule has 360 valence electrons. The van der Waals surface area contributed by atoms with Gasteiger partial charge in [0.1, 0.15) is 49.0 Å². The number of nitrogens with zero attached hydrogens (tertiary/aromatic N) is 6. The maximum absolute atomic E-state index is 15.3. The van der Waals surface area contributed by atoms with Crippen molar-refractivity contribution in [3.63, 3.8) is 0 Å². The molecule has 12 nitrogen and oxygen atoms in total. The Morgan fingerprint density at radius 2 is 1.73 bits per heavy atom. The average Bonchev–Trinajstić information content (AvgIpc) is 3.85. The number of aliphatic hydroxyl groups is 1. The van der Waals surface area contributed by atoms with Gasteiger partial charge in [0, 0.05) is 29.2 Å². The van der Waals surface area contributed by atoms with Gasteiger partial charge in [0.25, 0.3) is 5.92 Å². The van der Waals surface area contributed by atoms with Crippen LogP contribution in [0.4, 0.5) is 54.5 Å². The summed E-state index contributed by atoms with van der Waals surface area (Å²) in [5, 5.41) is 18.4. The van der Waals surface area contributed by atoms with E-state index in [1.165, 1.54) is 36.0 Å². The number of halogens is 11. The Labute approximate surface area is 387 Å². The van der Waals surface area contributed by atoms with Crippen LogP contribution >= 0.6 is 23.4 Å². The SMILES string of the molecule is CSC(C)(C)C#Cc1ccc(-c2ccc(Cl)c3c(N(C(=O)OCCO)[S+](C)[O-])nn(CC(F)(F)F)c23)c(C(Cc2cc(F)cc(F)c2)NC(=O)Cn2nc(C(F)(F)F)c3c2C(F)(F)C[C@@H]3C)n1. The van der Waals surface area contributed by atoms with Crippen molar-refractivity contribution in [3.8, 4) is 23.0 Å². The highest BCUT2D eigenvalue weighted by molar-refractivity contribution is 8.00. The second-order valence-electron chi connectivity index (χ2n) is 15.7. The molecule has 25 heteroatoms. The van der Waals surface area contributed by atoms with E-state index in [1.807, 2.05) is 0 Å². The summed E-state index contributed by atoms with van der Waals surface area (Å²) >= 11 is 5.59. The molecule has 2 N–H and O–H groups in total. The Bertz CT molecular complexity index is 2750. The molecule has 0 fully saturated rings. The third-order valence-corrected chi connectivity index (χ3v) is 12.6. The zero-order valence-corrected chi connectivity index (χ0v) is 38.1. The number of carbonyl (C=O) groups is 2. The number of alkyl halides is 8. The largest absolute Gasteiger partial charge is 0.593 e. The molecule has 3 heterocycles. The molecule has 3 atom stereocenters. The number of nitrogens with one attached hydrogen (secondary N) is 1. The Morgan fingerprint density at radius 3 is 2.33 bits per heavy atom. The van der Waals surface area contributed by atoms with Crippen molar-refractivity contribution in [1.82, 2.24) is 29.9 Å². The van der Waals surface area contributed by atoms with Crippen LogP contribution in [0.1, 0.15) is 73.1 Å². The van der Waals surface area contributed by atoms with Gasteiger partial charge in [0.2, 0.25) is 11.7 Å². The number of aliphatic hydroxyl groups excluding tert-OH is 1. The van der Waals surface area contributed by atoms with Gasteiger partial charge in [-0.2, -0.15) is 40.2 Å². The number of ether oxygens (including phenoxy) is 1. The van der Waals surface area contributed by atoms with Crippen LogP contribution in [0.3, 0.4) is 0 Å². The molecule has 2 aromatic carbocycles. The number of anilines is 1. The van der Waals surface area contributed by atoms with E-state index in [0.29, 0.717) is 15.1 Å². The van der Waals surface area contributed by atoms with Gasteiger partial charge in [0.05, 0.1) is 50.4 Å². The Kier molecular flexibility index (Phi) is 14.8. The minimum absolute atomic E-state index is 0.0206. The van der Waals surface area contributed by atoms with Crippen LogP contribution in [0.15, 0.2) is 42.5 Å². The van der Waals surface area contributed by atoms with Crippen LogP contribution in [-0.2, 0) is 52.5 Å². The highest BCUT2D eigenvalue weighted by Gasteiger charge is 2.53. The number of amides is 2. The smallest absolute Gasteiger partial charge is 0.458 e. The first kappa shape index (κ1) is 51.2. The van der Waals surface area contributed by atoms with E-state index in [1.54, 1.807) is 20.1 Å². The molecule has 0 aliphatic heterocycles. The number of fused-ring (bicyclic) bond motifs is 2. The number of hydrogen-bond donors (Lipinski definition) is 2. The van der Waals surface area contributed by atoms with Gasteiger partial charge in [-0.15, -0.1) is 16.9 Å². The Hall–Kier alpha value is -5.22. The van der Waals surface area contributed by atoms with Gasteiger partial charge in [-0.05, 0) is 74.3 Å². The molecule has 1 aliphatic rings. The lowest BCUT2D eigenvalue weighted by Crippen LogP contribution is -2.37. The first-order chi connectivity index (χ1) is 31.1. The molecule has 0 radical (unpaired) electrons. The molecular formula is C42H38ClF10N7O5S2. The van der Waals surface area contributed by atoms with E-state index in [0.717, 1.165) is 25.3 Å². The van der Waals surface area contributed by atoms with Crippen LogP contribution < -0.4 is 9.62 Å². The molecule has 0 saturated carbocycles. The Balaban J connectivity index is 1.62. The van der Waals surface area contributed by atoms with E-state index in [2.05, 4.69) is 32.3 Å². The lowest BCUT2D eigenvalue weighted by Gasteiger charge is -2.23. The summed E-state index contributed by atoms with van der Waals surface area (Å²) in [5.74, 6) is -3.35. The number of pyridine rings is 1. The molecule has 2 unspecified atom stereocenters. The molecule has 6 rings (SSSR count). The summed E-state index contributed by atoms with van der Waals surface area (Å²) < 4.78 is 164. The first-order valence-corrected chi connectivity index (χ1v) is 22.8. The molecule has 2 amide bonds. The summed E-state index contributed by atoms with van der Waals surface area (Å²) in [7, 11) is 0. The summed E-state index contributed by atoms with van der Waals surface area (Å²) in [6.07, 6.45) is -10.4. The maximum Gasteiger partial charge on any atom is 0.458 e. The van der Waals surface area contributed by atoms with Gasteiger partial charge in [0.15, 0.2) is 5.69 Å². The summed E-state index contributed by atoms with van der Waals surface area (Å²) in [5.41, 5.74) is -4.80. The molecule has 0 spiro atoms. The second kappa shape index (κ2) is 19.4. The summed E-state index contributed by atoms with van der Waals surface area (Å²) in [6.45, 7) is 0.326. The highest BCUT2D eigenvalue weighted by atomic mass is 35.5. The lowest BCUT2D eigenvalue weighted by molar-refractivity contribution is -0.143. The topological polar surface area (TPSA) is 150 Å². The van der Waals surface area contributed by atoms with E-state index in [9.17, 15) is 54.4 Å². The van der Waals surface area contributed by atoms with Crippen molar-refractivity contribution in [3.05, 3.63) is 93.0 Å². The van der Waals surface area contributed by atoms with Crippen LogP contribution in [-0.4, -0.2) is 82.9 Å². The number of rotatable bonds is 13. The van der Waals surface area contributed by atoms with E-state index in [-0.39, 0.29) is 43.2 Å². The minimum Gasteiger partial charge on any atom is -0.593 e. The van der Waals surface area contributed by atoms with E-state index in [4.69, 9.17) is 16.3 Å². The minimum atomic E-state index is -5.19. The van der Waals surface area contributed by atoms with Crippen molar-refractivity contribution in [2.24, 2.45) is 0 Å². The predicted molar refractivity (Wildman–Crippen MR) is 229 cm³/mol. The maximum atomic E-state index is 15.3. The number of benzene rings is 2. The quantitative estimate of drug-likeness (QED) is 0.0669. The standard InChI is InChI=1S/C42H38ClF10N7O5S2/c1-21-18-40(46,47)36-31(21)35(42(51,52)53)56-58(36)19-30(62)55-29(16-22-14-23(44)17-24(45)15-22)33-26(7-6-25(54-33)10-11-39(2,3)66-4)27-8-9-28(43)32-34(27)59(20-41(48,49)50)57-37(32)60(67(5)64)38(63)65-13-12-61/h6-9,14-15,17,21,29,61H,12-13,16,18-20H2,1-5H3,(H,55,62)/t21-,29?,67?/m0/s1. The summed E-state index contributed by atoms with van der Waals surface area (Å²) in [4.78, 5) is 31.9. The average molecular weight is 1010 g/mol. The fourth-order valence-corrected chi connectivity index (χ4v) is 8.53. The molecule has 3 aromatic heterocycles. The third-order valence-electron chi connectivity index (χ3n) is 10.3. The number of carbonyl (C=O) groups excluding carboxylic acids is 2. The zero-order valence-electron chi connectivity index (χ0n) is 35.7.